The lowest BCUT2D eigenvalue weighted by atomic mass is 10.2. The van der Waals surface area contributed by atoms with Crippen LogP contribution in [0, 0.1) is 6.92 Å². The number of nitrogens with one attached hydrogen (secondary N) is 1. The Morgan fingerprint density at radius 1 is 1.07 bits per heavy atom. The van der Waals surface area contributed by atoms with Crippen LogP contribution >= 0.6 is 23.1 Å². The summed E-state index contributed by atoms with van der Waals surface area (Å²) in [5.41, 5.74) is 2.77. The van der Waals surface area contributed by atoms with E-state index >= 15 is 0 Å². The van der Waals surface area contributed by atoms with Gasteiger partial charge in [0.05, 0.1) is 18.0 Å². The number of oxazole rings is 1. The van der Waals surface area contributed by atoms with Crippen LogP contribution in [0.15, 0.2) is 63.4 Å². The molecule has 148 valence electrons. The van der Waals surface area contributed by atoms with Crippen molar-refractivity contribution < 1.29 is 9.15 Å². The van der Waals surface area contributed by atoms with Crippen LogP contribution in [0.4, 0.5) is 10.8 Å². The number of benzene rings is 2. The maximum Gasteiger partial charge on any atom is 0.226 e. The Morgan fingerprint density at radius 3 is 2.69 bits per heavy atom. The molecule has 4 aromatic rings. The predicted octanol–water partition coefficient (Wildman–Crippen LogP) is 5.94. The van der Waals surface area contributed by atoms with Gasteiger partial charge in [-0.2, -0.15) is 0 Å². The molecule has 0 saturated carbocycles. The first-order valence-electron chi connectivity index (χ1n) is 9.20. The average Bonchev–Trinajstić information content (AvgIpc) is 3.35. The molecular formula is C21H20N4O2S2. The first kappa shape index (κ1) is 19.5. The molecule has 0 amide bonds. The highest BCUT2D eigenvalue weighted by Gasteiger charge is 2.14. The van der Waals surface area contributed by atoms with Gasteiger partial charge >= 0.3 is 0 Å². The third-order valence-corrected chi connectivity index (χ3v) is 6.06. The van der Waals surface area contributed by atoms with Crippen molar-refractivity contribution in [3.8, 4) is 17.2 Å². The summed E-state index contributed by atoms with van der Waals surface area (Å²) < 4.78 is 12.3. The van der Waals surface area contributed by atoms with E-state index < -0.39 is 0 Å². The molecule has 0 aliphatic carbocycles. The summed E-state index contributed by atoms with van der Waals surface area (Å²) in [6.07, 6.45) is 0. The van der Waals surface area contributed by atoms with Gasteiger partial charge in [0, 0.05) is 11.3 Å². The lowest BCUT2D eigenvalue weighted by molar-refractivity contribution is 0.342. The second kappa shape index (κ2) is 9.11. The molecule has 0 aliphatic rings. The van der Waals surface area contributed by atoms with Crippen molar-refractivity contribution in [2.45, 2.75) is 23.9 Å². The van der Waals surface area contributed by atoms with Crippen molar-refractivity contribution in [3.05, 3.63) is 66.1 Å². The number of aromatic nitrogens is 3. The molecule has 0 bridgehead atoms. The lowest BCUT2D eigenvalue weighted by Crippen LogP contribution is -1.97. The minimum absolute atomic E-state index is 0.609. The fraction of sp³-hybridized carbons (Fsp3) is 0.190. The molecule has 2 heterocycles. The van der Waals surface area contributed by atoms with Gasteiger partial charge in [0.1, 0.15) is 11.5 Å². The van der Waals surface area contributed by atoms with Crippen molar-refractivity contribution in [3.63, 3.8) is 0 Å². The average molecular weight is 425 g/mol. The molecular weight excluding hydrogens is 404 g/mol. The minimum atomic E-state index is 0.609. The van der Waals surface area contributed by atoms with Crippen LogP contribution in [0.3, 0.4) is 0 Å². The number of thioether (sulfide) groups is 1. The number of para-hydroxylation sites is 2. The van der Waals surface area contributed by atoms with Gasteiger partial charge in [-0.05, 0) is 38.1 Å². The fourth-order valence-corrected chi connectivity index (χ4v) is 4.45. The third-order valence-electron chi connectivity index (χ3n) is 4.08. The molecule has 8 heteroatoms. The number of anilines is 2. The monoisotopic (exact) mass is 424 g/mol. The van der Waals surface area contributed by atoms with Crippen molar-refractivity contribution in [1.82, 2.24) is 15.2 Å². The maximum absolute atomic E-state index is 5.83. The number of aryl methyl sites for hydroxylation is 1. The second-order valence-electron chi connectivity index (χ2n) is 6.10. The third kappa shape index (κ3) is 4.78. The Hall–Kier alpha value is -2.84. The van der Waals surface area contributed by atoms with Gasteiger partial charge < -0.3 is 14.5 Å². The van der Waals surface area contributed by atoms with Crippen molar-refractivity contribution in [2.75, 3.05) is 11.9 Å². The van der Waals surface area contributed by atoms with E-state index in [0.717, 1.165) is 37.9 Å². The standard InChI is InChI=1S/C21H20N4O2S2/c1-3-26-18-12-8-7-11-16(18)23-20-24-25-21(29-20)28-13-17-14(2)27-19(22-17)15-9-5-4-6-10-15/h4-12H,3,13H2,1-2H3,(H,23,24). The van der Waals surface area contributed by atoms with E-state index in [0.29, 0.717) is 18.3 Å². The Balaban J connectivity index is 1.41. The zero-order valence-corrected chi connectivity index (χ0v) is 17.7. The summed E-state index contributed by atoms with van der Waals surface area (Å²) in [5.74, 6) is 2.94. The van der Waals surface area contributed by atoms with Gasteiger partial charge in [-0.1, -0.05) is 53.4 Å². The van der Waals surface area contributed by atoms with Gasteiger partial charge in [0.2, 0.25) is 11.0 Å². The molecule has 0 radical (unpaired) electrons. The van der Waals surface area contributed by atoms with Gasteiger partial charge in [-0.3, -0.25) is 0 Å². The Morgan fingerprint density at radius 2 is 1.86 bits per heavy atom. The zero-order valence-electron chi connectivity index (χ0n) is 16.1. The van der Waals surface area contributed by atoms with Gasteiger partial charge in [0.25, 0.3) is 0 Å². The summed E-state index contributed by atoms with van der Waals surface area (Å²) in [4.78, 5) is 4.64. The normalized spacial score (nSPS) is 10.8. The molecule has 0 saturated heterocycles. The molecule has 2 aromatic carbocycles. The smallest absolute Gasteiger partial charge is 0.226 e. The van der Waals surface area contributed by atoms with E-state index in [9.17, 15) is 0 Å². The summed E-state index contributed by atoms with van der Waals surface area (Å²) in [6.45, 7) is 4.51. The van der Waals surface area contributed by atoms with Gasteiger partial charge in [-0.15, -0.1) is 10.2 Å². The largest absolute Gasteiger partial charge is 0.492 e. The Kier molecular flexibility index (Phi) is 6.12. The molecule has 0 fully saturated rings. The number of nitrogens with zero attached hydrogens (tertiary/aromatic N) is 3. The number of hydrogen-bond donors (Lipinski definition) is 1. The molecule has 1 N–H and O–H groups in total. The van der Waals surface area contributed by atoms with Gasteiger partial charge in [-0.25, -0.2) is 4.98 Å². The number of ether oxygens (including phenoxy) is 1. The highest BCUT2D eigenvalue weighted by atomic mass is 32.2. The van der Waals surface area contributed by atoms with Crippen molar-refractivity contribution in [2.24, 2.45) is 0 Å². The molecule has 29 heavy (non-hydrogen) atoms. The molecule has 2 aromatic heterocycles. The topological polar surface area (TPSA) is 73.1 Å². The molecule has 4 rings (SSSR count). The van der Waals surface area contributed by atoms with E-state index in [-0.39, 0.29) is 0 Å². The van der Waals surface area contributed by atoms with Crippen LogP contribution in [-0.4, -0.2) is 21.8 Å². The van der Waals surface area contributed by atoms with E-state index in [1.165, 1.54) is 11.3 Å². The summed E-state index contributed by atoms with van der Waals surface area (Å²) in [6, 6.07) is 17.7. The van der Waals surface area contributed by atoms with Crippen LogP contribution in [0.25, 0.3) is 11.5 Å². The van der Waals surface area contributed by atoms with E-state index in [4.69, 9.17) is 9.15 Å². The summed E-state index contributed by atoms with van der Waals surface area (Å²) in [5, 5.41) is 12.5. The molecule has 0 spiro atoms. The van der Waals surface area contributed by atoms with Crippen LogP contribution in [0.1, 0.15) is 18.4 Å². The highest BCUT2D eigenvalue weighted by Crippen LogP contribution is 2.33. The summed E-state index contributed by atoms with van der Waals surface area (Å²) in [7, 11) is 0. The molecule has 0 unspecified atom stereocenters. The quantitative estimate of drug-likeness (QED) is 0.351. The Labute approximate surface area is 177 Å². The van der Waals surface area contributed by atoms with Gasteiger partial charge in [0.15, 0.2) is 4.34 Å². The number of rotatable bonds is 8. The SMILES string of the molecule is CCOc1ccccc1Nc1nnc(SCc2nc(-c3ccccc3)oc2C)s1. The van der Waals surface area contributed by atoms with Crippen LogP contribution in [0.5, 0.6) is 5.75 Å². The van der Waals surface area contributed by atoms with Crippen molar-refractivity contribution >= 4 is 33.9 Å². The van der Waals surface area contributed by atoms with E-state index in [2.05, 4.69) is 20.5 Å². The van der Waals surface area contributed by atoms with E-state index in [1.54, 1.807) is 11.8 Å². The molecule has 6 nitrogen and oxygen atoms in total. The molecule has 0 aliphatic heterocycles. The Bertz CT molecular complexity index is 1080. The lowest BCUT2D eigenvalue weighted by Gasteiger charge is -2.09. The fourth-order valence-electron chi connectivity index (χ4n) is 2.68. The number of hydrogen-bond acceptors (Lipinski definition) is 8. The first-order valence-corrected chi connectivity index (χ1v) is 11.0. The first-order chi connectivity index (χ1) is 14.2. The zero-order chi connectivity index (χ0) is 20.1. The van der Waals surface area contributed by atoms with E-state index in [1.807, 2.05) is 68.4 Å². The second-order valence-corrected chi connectivity index (χ2v) is 8.30. The summed E-state index contributed by atoms with van der Waals surface area (Å²) >= 11 is 3.09. The minimum Gasteiger partial charge on any atom is -0.492 e. The maximum atomic E-state index is 5.83. The van der Waals surface area contributed by atoms with Crippen LogP contribution < -0.4 is 10.1 Å². The van der Waals surface area contributed by atoms with Crippen LogP contribution in [-0.2, 0) is 5.75 Å². The van der Waals surface area contributed by atoms with Crippen LogP contribution in [0.2, 0.25) is 0 Å². The molecule has 0 atom stereocenters. The highest BCUT2D eigenvalue weighted by molar-refractivity contribution is 8.00. The predicted molar refractivity (Wildman–Crippen MR) is 117 cm³/mol. The van der Waals surface area contributed by atoms with Crippen molar-refractivity contribution in [1.29, 1.82) is 0 Å².